The van der Waals surface area contributed by atoms with Crippen LogP contribution >= 0.6 is 0 Å². The van der Waals surface area contributed by atoms with E-state index < -0.39 is 42.7 Å². The Balaban J connectivity index is 1.49. The summed E-state index contributed by atoms with van der Waals surface area (Å²) in [5.74, 6) is -1.38. The summed E-state index contributed by atoms with van der Waals surface area (Å²) >= 11 is 0. The van der Waals surface area contributed by atoms with Crippen LogP contribution in [0.3, 0.4) is 0 Å². The summed E-state index contributed by atoms with van der Waals surface area (Å²) in [6, 6.07) is 18.4. The molecule has 0 saturated carbocycles. The molecular formula is C27H22FN5O5. The molecule has 4 aromatic rings. The summed E-state index contributed by atoms with van der Waals surface area (Å²) in [6.07, 6.45) is -1.53. The first-order valence-corrected chi connectivity index (χ1v) is 11.6. The predicted octanol–water partition coefficient (Wildman–Crippen LogP) is 3.59. The van der Waals surface area contributed by atoms with E-state index in [0.717, 1.165) is 0 Å². The summed E-state index contributed by atoms with van der Waals surface area (Å²) < 4.78 is 35.0. The van der Waals surface area contributed by atoms with Gasteiger partial charge in [0.05, 0.1) is 22.1 Å². The van der Waals surface area contributed by atoms with Gasteiger partial charge in [-0.1, -0.05) is 36.4 Å². The van der Waals surface area contributed by atoms with Crippen molar-refractivity contribution in [3.8, 4) is 6.07 Å². The number of nitrogens with zero attached hydrogens (tertiary/aromatic N) is 4. The molecule has 192 valence electrons. The number of halogens is 1. The molecule has 0 aliphatic carbocycles. The van der Waals surface area contributed by atoms with Crippen LogP contribution in [0.25, 0.3) is 11.0 Å². The molecule has 1 fully saturated rings. The number of benzene rings is 2. The second kappa shape index (κ2) is 9.91. The third kappa shape index (κ3) is 4.42. The van der Waals surface area contributed by atoms with Gasteiger partial charge in [-0.15, -0.1) is 0 Å². The van der Waals surface area contributed by atoms with Crippen molar-refractivity contribution in [1.29, 1.82) is 5.26 Å². The highest BCUT2D eigenvalue weighted by Crippen LogP contribution is 2.45. The van der Waals surface area contributed by atoms with Crippen LogP contribution < -0.4 is 5.73 Å². The number of carbonyl (C=O) groups is 2. The van der Waals surface area contributed by atoms with E-state index in [-0.39, 0.29) is 28.0 Å². The molecule has 2 N–H and O–H groups in total. The Bertz CT molecular complexity index is 1530. The average Bonchev–Trinajstić information content (AvgIpc) is 3.43. The van der Waals surface area contributed by atoms with Crippen LogP contribution in [0, 0.1) is 11.3 Å². The Hall–Kier alpha value is -4.82. The Kier molecular flexibility index (Phi) is 6.48. The zero-order chi connectivity index (χ0) is 26.9. The van der Waals surface area contributed by atoms with Gasteiger partial charge in [0.15, 0.2) is 18.0 Å². The number of carbonyl (C=O) groups excluding carboxylic acids is 2. The number of esters is 2. The molecule has 0 amide bonds. The Morgan fingerprint density at radius 3 is 2.37 bits per heavy atom. The molecular weight excluding hydrogens is 493 g/mol. The van der Waals surface area contributed by atoms with Gasteiger partial charge >= 0.3 is 11.9 Å². The highest BCUT2D eigenvalue weighted by atomic mass is 19.1. The standard InChI is InChI=1S/C27H22FN5O5/c1-27(28)21(38-25(35)17-10-6-3-7-11-17)19(14-36-24(34)16-8-4-2-5-9-16)37-26(27)33-13-18(12-29)20-22(30)31-15-32-23(20)33/h2-11,13,15,19,21,26H,14H2,1H3,(H2,30,31,32). The molecule has 0 spiro atoms. The molecule has 10 nitrogen and oxygen atoms in total. The van der Waals surface area contributed by atoms with Gasteiger partial charge in [0.2, 0.25) is 0 Å². The van der Waals surface area contributed by atoms with Crippen LogP contribution in [0.2, 0.25) is 0 Å². The average molecular weight is 516 g/mol. The number of nitrogen functional groups attached to an aromatic ring is 1. The van der Waals surface area contributed by atoms with E-state index in [1.54, 1.807) is 48.5 Å². The number of hydrogen-bond acceptors (Lipinski definition) is 9. The number of aromatic nitrogens is 3. The van der Waals surface area contributed by atoms with Gasteiger partial charge in [-0.25, -0.2) is 23.9 Å². The third-order valence-electron chi connectivity index (χ3n) is 6.32. The summed E-state index contributed by atoms with van der Waals surface area (Å²) in [5.41, 5.74) is 4.41. The maximum atomic E-state index is 16.6. The summed E-state index contributed by atoms with van der Waals surface area (Å²) in [7, 11) is 0. The van der Waals surface area contributed by atoms with Gasteiger partial charge < -0.3 is 24.5 Å². The SMILES string of the molecule is CC1(F)C(OC(=O)c2ccccc2)C(COC(=O)c2ccccc2)OC1n1cc(C#N)c2c(N)ncnc21. The lowest BCUT2D eigenvalue weighted by atomic mass is 9.98. The molecule has 1 aliphatic heterocycles. The zero-order valence-corrected chi connectivity index (χ0v) is 20.2. The van der Waals surface area contributed by atoms with Crippen molar-refractivity contribution >= 4 is 28.8 Å². The molecule has 4 unspecified atom stereocenters. The number of nitrogens with two attached hydrogens (primary N) is 1. The molecule has 4 atom stereocenters. The first-order chi connectivity index (χ1) is 18.3. The van der Waals surface area contributed by atoms with Crippen molar-refractivity contribution in [3.05, 3.63) is 89.9 Å². The second-order valence-electron chi connectivity index (χ2n) is 8.85. The fourth-order valence-electron chi connectivity index (χ4n) is 4.47. The lowest BCUT2D eigenvalue weighted by Crippen LogP contribution is -2.44. The van der Waals surface area contributed by atoms with Crippen LogP contribution in [-0.2, 0) is 14.2 Å². The van der Waals surface area contributed by atoms with Crippen LogP contribution in [0.1, 0.15) is 39.4 Å². The molecule has 1 saturated heterocycles. The van der Waals surface area contributed by atoms with E-state index >= 15 is 4.39 Å². The van der Waals surface area contributed by atoms with Gasteiger partial charge in [-0.2, -0.15) is 5.26 Å². The van der Waals surface area contributed by atoms with Gasteiger partial charge in [0.25, 0.3) is 0 Å². The van der Waals surface area contributed by atoms with E-state index in [9.17, 15) is 14.9 Å². The number of anilines is 1. The van der Waals surface area contributed by atoms with E-state index in [2.05, 4.69) is 9.97 Å². The van der Waals surface area contributed by atoms with E-state index in [4.69, 9.17) is 19.9 Å². The van der Waals surface area contributed by atoms with E-state index in [0.29, 0.717) is 5.56 Å². The quantitative estimate of drug-likeness (QED) is 0.381. The van der Waals surface area contributed by atoms with E-state index in [1.165, 1.54) is 36.1 Å². The Morgan fingerprint density at radius 2 is 1.74 bits per heavy atom. The van der Waals surface area contributed by atoms with Crippen molar-refractivity contribution < 1.29 is 28.2 Å². The fourth-order valence-corrected chi connectivity index (χ4v) is 4.47. The molecule has 1 aliphatic rings. The number of ether oxygens (including phenoxy) is 3. The van der Waals surface area contributed by atoms with Gasteiger partial charge in [0, 0.05) is 6.20 Å². The largest absolute Gasteiger partial charge is 0.459 e. The number of nitriles is 1. The highest BCUT2D eigenvalue weighted by Gasteiger charge is 2.58. The number of rotatable bonds is 6. The number of alkyl halides is 1. The van der Waals surface area contributed by atoms with Crippen LogP contribution in [0.4, 0.5) is 10.2 Å². The van der Waals surface area contributed by atoms with Crippen molar-refractivity contribution in [2.24, 2.45) is 0 Å². The van der Waals surface area contributed by atoms with Crippen LogP contribution in [0.5, 0.6) is 0 Å². The van der Waals surface area contributed by atoms with Gasteiger partial charge in [-0.3, -0.25) is 0 Å². The minimum Gasteiger partial charge on any atom is -0.459 e. The summed E-state index contributed by atoms with van der Waals surface area (Å²) in [4.78, 5) is 33.6. The lowest BCUT2D eigenvalue weighted by molar-refractivity contribution is -0.0609. The Labute approximate surface area is 216 Å². The molecule has 2 aromatic heterocycles. The van der Waals surface area contributed by atoms with Crippen molar-refractivity contribution in [2.75, 3.05) is 12.3 Å². The topological polar surface area (TPSA) is 142 Å². The molecule has 38 heavy (non-hydrogen) atoms. The number of fused-ring (bicyclic) bond motifs is 1. The van der Waals surface area contributed by atoms with Crippen LogP contribution in [-0.4, -0.2) is 51.0 Å². The molecule has 11 heteroatoms. The van der Waals surface area contributed by atoms with Gasteiger partial charge in [-0.05, 0) is 31.2 Å². The van der Waals surface area contributed by atoms with Gasteiger partial charge in [0.1, 0.15) is 36.6 Å². The summed E-state index contributed by atoms with van der Waals surface area (Å²) in [5, 5.41) is 9.85. The van der Waals surface area contributed by atoms with Crippen LogP contribution in [0.15, 0.2) is 73.2 Å². The molecule has 5 rings (SSSR count). The predicted molar refractivity (Wildman–Crippen MR) is 132 cm³/mol. The first-order valence-electron chi connectivity index (χ1n) is 11.6. The highest BCUT2D eigenvalue weighted by molar-refractivity contribution is 5.92. The normalized spacial score (nSPS) is 22.6. The third-order valence-corrected chi connectivity index (χ3v) is 6.32. The molecule has 0 bridgehead atoms. The van der Waals surface area contributed by atoms with E-state index in [1.807, 2.05) is 6.07 Å². The monoisotopic (exact) mass is 515 g/mol. The Morgan fingerprint density at radius 1 is 1.11 bits per heavy atom. The van der Waals surface area contributed by atoms with Crippen molar-refractivity contribution in [1.82, 2.24) is 14.5 Å². The summed E-state index contributed by atoms with van der Waals surface area (Å²) in [6.45, 7) is 0.806. The number of hydrogen-bond donors (Lipinski definition) is 1. The van der Waals surface area contributed by atoms with Crippen molar-refractivity contribution in [3.63, 3.8) is 0 Å². The molecule has 2 aromatic carbocycles. The lowest BCUT2D eigenvalue weighted by Gasteiger charge is -2.28. The second-order valence-corrected chi connectivity index (χ2v) is 8.85. The molecule has 0 radical (unpaired) electrons. The molecule has 3 heterocycles. The van der Waals surface area contributed by atoms with Crippen molar-refractivity contribution in [2.45, 2.75) is 31.0 Å². The zero-order valence-electron chi connectivity index (χ0n) is 20.2. The minimum atomic E-state index is -2.34. The maximum Gasteiger partial charge on any atom is 0.338 e. The maximum absolute atomic E-state index is 16.6. The smallest absolute Gasteiger partial charge is 0.338 e. The fraction of sp³-hybridized carbons (Fsp3) is 0.222. The first kappa shape index (κ1) is 24.9. The minimum absolute atomic E-state index is 0.0456.